The maximum atomic E-state index is 13.0. The zero-order chi connectivity index (χ0) is 23.8. The van der Waals surface area contributed by atoms with Crippen molar-refractivity contribution in [3.63, 3.8) is 0 Å². The van der Waals surface area contributed by atoms with Crippen LogP contribution >= 0.6 is 0 Å². The Morgan fingerprint density at radius 1 is 1.12 bits per heavy atom. The highest BCUT2D eigenvalue weighted by Crippen LogP contribution is 2.15. The third-order valence-corrected chi connectivity index (χ3v) is 5.28. The number of hydrogen-bond acceptors (Lipinski definition) is 3. The van der Waals surface area contributed by atoms with Crippen molar-refractivity contribution in [3.05, 3.63) is 83.3 Å². The standard InChI is InChI=1S/C26H32FN3O3/c1-4-13-30(25(31)15-19(2)3)17-22-6-5-14-29(22)18-23-11-12-24(33-23)26(32)28-16-20-7-9-21(27)10-8-20/h5-12,14,19H,4,13,15-18H2,1-3H3,(H,28,32). The molecule has 0 bridgehead atoms. The van der Waals surface area contributed by atoms with E-state index in [0.29, 0.717) is 31.2 Å². The van der Waals surface area contributed by atoms with E-state index in [9.17, 15) is 14.0 Å². The summed E-state index contributed by atoms with van der Waals surface area (Å²) in [5, 5.41) is 2.78. The van der Waals surface area contributed by atoms with Crippen molar-refractivity contribution in [2.45, 2.75) is 53.2 Å². The maximum absolute atomic E-state index is 13.0. The van der Waals surface area contributed by atoms with Crippen LogP contribution in [0.15, 0.2) is 59.1 Å². The minimum atomic E-state index is -0.327. The minimum Gasteiger partial charge on any atom is -0.454 e. The molecule has 7 heteroatoms. The molecule has 0 atom stereocenters. The number of rotatable bonds is 11. The third kappa shape index (κ3) is 7.07. The summed E-state index contributed by atoms with van der Waals surface area (Å²) in [4.78, 5) is 27.0. The maximum Gasteiger partial charge on any atom is 0.287 e. The molecule has 0 aliphatic heterocycles. The largest absolute Gasteiger partial charge is 0.454 e. The summed E-state index contributed by atoms with van der Waals surface area (Å²) in [6.07, 6.45) is 3.39. The minimum absolute atomic E-state index is 0.165. The molecular formula is C26H32FN3O3. The van der Waals surface area contributed by atoms with Gasteiger partial charge in [0.2, 0.25) is 5.91 Å². The van der Waals surface area contributed by atoms with Crippen molar-refractivity contribution in [3.8, 4) is 0 Å². The van der Waals surface area contributed by atoms with Crippen molar-refractivity contribution in [1.82, 2.24) is 14.8 Å². The Balaban J connectivity index is 1.61. The van der Waals surface area contributed by atoms with Crippen LogP contribution in [0.5, 0.6) is 0 Å². The number of furan rings is 1. The average Bonchev–Trinajstić information content (AvgIpc) is 3.42. The van der Waals surface area contributed by atoms with Gasteiger partial charge >= 0.3 is 0 Å². The Labute approximate surface area is 194 Å². The van der Waals surface area contributed by atoms with E-state index >= 15 is 0 Å². The fraction of sp³-hybridized carbons (Fsp3) is 0.385. The molecule has 0 fully saturated rings. The van der Waals surface area contributed by atoms with Crippen LogP contribution in [-0.2, 0) is 24.4 Å². The van der Waals surface area contributed by atoms with Gasteiger partial charge in [-0.05, 0) is 54.3 Å². The molecule has 1 N–H and O–H groups in total. The van der Waals surface area contributed by atoms with E-state index in [0.717, 1.165) is 24.2 Å². The van der Waals surface area contributed by atoms with Crippen LogP contribution in [0.4, 0.5) is 4.39 Å². The highest BCUT2D eigenvalue weighted by molar-refractivity contribution is 5.91. The lowest BCUT2D eigenvalue weighted by molar-refractivity contribution is -0.132. The molecule has 2 amide bonds. The van der Waals surface area contributed by atoms with Gasteiger partial charge in [-0.1, -0.05) is 32.9 Å². The number of benzene rings is 1. The second-order valence-electron chi connectivity index (χ2n) is 8.62. The van der Waals surface area contributed by atoms with Crippen molar-refractivity contribution >= 4 is 11.8 Å². The van der Waals surface area contributed by atoms with Gasteiger partial charge in [0.15, 0.2) is 5.76 Å². The second kappa shape index (κ2) is 11.5. The lowest BCUT2D eigenvalue weighted by atomic mass is 10.1. The first kappa shape index (κ1) is 24.3. The number of hydrogen-bond donors (Lipinski definition) is 1. The van der Waals surface area contributed by atoms with E-state index in [2.05, 4.69) is 26.1 Å². The van der Waals surface area contributed by atoms with E-state index in [-0.39, 0.29) is 29.9 Å². The van der Waals surface area contributed by atoms with E-state index < -0.39 is 0 Å². The van der Waals surface area contributed by atoms with Crippen LogP contribution in [0.1, 0.15) is 61.2 Å². The first-order valence-corrected chi connectivity index (χ1v) is 11.4. The summed E-state index contributed by atoms with van der Waals surface area (Å²) in [5.74, 6) is 0.714. The fourth-order valence-corrected chi connectivity index (χ4v) is 3.61. The van der Waals surface area contributed by atoms with Gasteiger partial charge < -0.3 is 19.2 Å². The third-order valence-electron chi connectivity index (χ3n) is 5.28. The molecule has 0 unspecified atom stereocenters. The van der Waals surface area contributed by atoms with E-state index in [4.69, 9.17) is 4.42 Å². The summed E-state index contributed by atoms with van der Waals surface area (Å²) >= 11 is 0. The molecule has 0 radical (unpaired) electrons. The smallest absolute Gasteiger partial charge is 0.287 e. The quantitative estimate of drug-likeness (QED) is 0.445. The SMILES string of the molecule is CCCN(Cc1cccn1Cc1ccc(C(=O)NCc2ccc(F)cc2)o1)C(=O)CC(C)C. The van der Waals surface area contributed by atoms with Gasteiger partial charge in [-0.25, -0.2) is 4.39 Å². The molecule has 2 aromatic heterocycles. The Hall–Kier alpha value is -3.35. The van der Waals surface area contributed by atoms with Crippen molar-refractivity contribution < 1.29 is 18.4 Å². The van der Waals surface area contributed by atoms with Gasteiger partial charge in [0.05, 0.1) is 13.1 Å². The molecule has 0 aliphatic carbocycles. The molecule has 1 aromatic carbocycles. The molecule has 2 heterocycles. The predicted octanol–water partition coefficient (Wildman–Crippen LogP) is 4.98. The van der Waals surface area contributed by atoms with Crippen LogP contribution in [0.3, 0.4) is 0 Å². The van der Waals surface area contributed by atoms with Crippen LogP contribution in [0.25, 0.3) is 0 Å². The highest BCUT2D eigenvalue weighted by atomic mass is 19.1. The lowest BCUT2D eigenvalue weighted by Crippen LogP contribution is -2.32. The number of nitrogens with zero attached hydrogens (tertiary/aromatic N) is 2. The number of carbonyl (C=O) groups excluding carboxylic acids is 2. The molecule has 0 saturated carbocycles. The van der Waals surface area contributed by atoms with Gasteiger partial charge in [0.1, 0.15) is 11.6 Å². The average molecular weight is 454 g/mol. The monoisotopic (exact) mass is 453 g/mol. The van der Waals surface area contributed by atoms with Crippen LogP contribution in [0.2, 0.25) is 0 Å². The summed E-state index contributed by atoms with van der Waals surface area (Å²) in [5.41, 5.74) is 1.82. The van der Waals surface area contributed by atoms with Crippen LogP contribution < -0.4 is 5.32 Å². The van der Waals surface area contributed by atoms with Crippen LogP contribution in [-0.4, -0.2) is 27.8 Å². The summed E-state index contributed by atoms with van der Waals surface area (Å²) in [7, 11) is 0. The summed E-state index contributed by atoms with van der Waals surface area (Å²) in [6, 6.07) is 13.4. The molecule has 3 aromatic rings. The number of amides is 2. The topological polar surface area (TPSA) is 67.5 Å². The summed E-state index contributed by atoms with van der Waals surface area (Å²) in [6.45, 7) is 8.18. The number of aromatic nitrogens is 1. The summed E-state index contributed by atoms with van der Waals surface area (Å²) < 4.78 is 20.8. The molecule has 33 heavy (non-hydrogen) atoms. The molecular weight excluding hydrogens is 421 g/mol. The first-order valence-electron chi connectivity index (χ1n) is 11.4. The normalized spacial score (nSPS) is 11.1. The van der Waals surface area contributed by atoms with E-state index in [1.165, 1.54) is 12.1 Å². The molecule has 3 rings (SSSR count). The van der Waals surface area contributed by atoms with Crippen LogP contribution in [0, 0.1) is 11.7 Å². The fourth-order valence-electron chi connectivity index (χ4n) is 3.61. The van der Waals surface area contributed by atoms with Crippen molar-refractivity contribution in [1.29, 1.82) is 0 Å². The lowest BCUT2D eigenvalue weighted by Gasteiger charge is -2.24. The van der Waals surface area contributed by atoms with Gasteiger partial charge in [-0.2, -0.15) is 0 Å². The molecule has 0 aliphatic rings. The zero-order valence-electron chi connectivity index (χ0n) is 19.5. The van der Waals surface area contributed by atoms with Gasteiger partial charge in [-0.15, -0.1) is 0 Å². The predicted molar refractivity (Wildman–Crippen MR) is 125 cm³/mol. The van der Waals surface area contributed by atoms with E-state index in [1.807, 2.05) is 27.8 Å². The Morgan fingerprint density at radius 2 is 1.88 bits per heavy atom. The van der Waals surface area contributed by atoms with E-state index in [1.54, 1.807) is 24.3 Å². The highest BCUT2D eigenvalue weighted by Gasteiger charge is 2.17. The van der Waals surface area contributed by atoms with Crippen molar-refractivity contribution in [2.24, 2.45) is 5.92 Å². The molecule has 176 valence electrons. The number of nitrogens with one attached hydrogen (secondary N) is 1. The molecule has 0 spiro atoms. The van der Waals surface area contributed by atoms with Gasteiger partial charge in [0.25, 0.3) is 5.91 Å². The molecule has 0 saturated heterocycles. The molecule has 6 nitrogen and oxygen atoms in total. The number of halogens is 1. The Kier molecular flexibility index (Phi) is 8.46. The Morgan fingerprint density at radius 3 is 2.58 bits per heavy atom. The zero-order valence-corrected chi connectivity index (χ0v) is 19.5. The second-order valence-corrected chi connectivity index (χ2v) is 8.62. The van der Waals surface area contributed by atoms with Gasteiger partial charge in [0, 0.05) is 31.4 Å². The van der Waals surface area contributed by atoms with Gasteiger partial charge in [-0.3, -0.25) is 9.59 Å². The first-order chi connectivity index (χ1) is 15.9. The van der Waals surface area contributed by atoms with Crippen molar-refractivity contribution in [2.75, 3.05) is 6.54 Å². The number of carbonyl (C=O) groups is 2. The Bertz CT molecular complexity index is 1050.